The molecule has 29 heavy (non-hydrogen) atoms. The first kappa shape index (κ1) is 21.0. The van der Waals surface area contributed by atoms with Gasteiger partial charge in [-0.05, 0) is 62.1 Å². The van der Waals surface area contributed by atoms with Crippen molar-refractivity contribution in [2.24, 2.45) is 0 Å². The molecule has 1 amide bonds. The van der Waals surface area contributed by atoms with Gasteiger partial charge in [-0.3, -0.25) is 4.79 Å². The first-order valence-corrected chi connectivity index (χ1v) is 10.8. The number of esters is 1. The standard InChI is InChI=1S/C21H24N2O5S/c1-14-6-9-17(21(25)28-3)12-18(14)22-20(24)16-8-7-15(2)19(13-16)29(26,27)23-10-4-5-11-23/h6-9,12-13H,4-5,10-11H2,1-3H3,(H,22,24). The van der Waals surface area contributed by atoms with E-state index in [-0.39, 0.29) is 10.5 Å². The molecule has 2 aromatic carbocycles. The number of hydrogen-bond acceptors (Lipinski definition) is 5. The van der Waals surface area contributed by atoms with Crippen LogP contribution in [0.3, 0.4) is 0 Å². The maximum atomic E-state index is 12.9. The normalized spacial score (nSPS) is 14.6. The van der Waals surface area contributed by atoms with E-state index in [9.17, 15) is 18.0 Å². The Morgan fingerprint density at radius 1 is 0.966 bits per heavy atom. The van der Waals surface area contributed by atoms with E-state index in [4.69, 9.17) is 4.74 Å². The molecular weight excluding hydrogens is 392 g/mol. The van der Waals surface area contributed by atoms with Crippen molar-refractivity contribution in [3.8, 4) is 0 Å². The monoisotopic (exact) mass is 416 g/mol. The Labute approximate surface area is 170 Å². The van der Waals surface area contributed by atoms with Gasteiger partial charge in [0.1, 0.15) is 0 Å². The van der Waals surface area contributed by atoms with Gasteiger partial charge in [-0.1, -0.05) is 12.1 Å². The number of anilines is 1. The zero-order valence-corrected chi connectivity index (χ0v) is 17.5. The molecular formula is C21H24N2O5S. The van der Waals surface area contributed by atoms with Crippen LogP contribution in [0.4, 0.5) is 5.69 Å². The van der Waals surface area contributed by atoms with Crippen LogP contribution >= 0.6 is 0 Å². The van der Waals surface area contributed by atoms with Gasteiger partial charge in [0, 0.05) is 24.3 Å². The number of aryl methyl sites for hydroxylation is 2. The zero-order valence-electron chi connectivity index (χ0n) is 16.7. The fraction of sp³-hybridized carbons (Fsp3) is 0.333. The number of nitrogens with one attached hydrogen (secondary N) is 1. The summed E-state index contributed by atoms with van der Waals surface area (Å²) in [6.45, 7) is 4.51. The van der Waals surface area contributed by atoms with E-state index in [0.29, 0.717) is 29.9 Å². The second-order valence-corrected chi connectivity index (χ2v) is 8.97. The van der Waals surface area contributed by atoms with Gasteiger partial charge in [0.05, 0.1) is 17.6 Å². The lowest BCUT2D eigenvalue weighted by Gasteiger charge is -2.18. The lowest BCUT2D eigenvalue weighted by molar-refractivity contribution is 0.0600. The quantitative estimate of drug-likeness (QED) is 0.756. The molecule has 1 fully saturated rings. The third-order valence-electron chi connectivity index (χ3n) is 5.04. The topological polar surface area (TPSA) is 92.8 Å². The molecule has 1 aliphatic rings. The fourth-order valence-corrected chi connectivity index (χ4v) is 5.05. The smallest absolute Gasteiger partial charge is 0.337 e. The van der Waals surface area contributed by atoms with Gasteiger partial charge in [-0.2, -0.15) is 4.31 Å². The molecule has 154 valence electrons. The van der Waals surface area contributed by atoms with Gasteiger partial charge in [-0.25, -0.2) is 13.2 Å². The minimum Gasteiger partial charge on any atom is -0.465 e. The number of sulfonamides is 1. The number of carbonyl (C=O) groups is 2. The van der Waals surface area contributed by atoms with Crippen LogP contribution in [0.25, 0.3) is 0 Å². The van der Waals surface area contributed by atoms with Crippen molar-refractivity contribution in [2.45, 2.75) is 31.6 Å². The molecule has 8 heteroatoms. The minimum absolute atomic E-state index is 0.145. The molecule has 7 nitrogen and oxygen atoms in total. The second kappa shape index (κ2) is 8.34. The largest absolute Gasteiger partial charge is 0.465 e. The first-order valence-electron chi connectivity index (χ1n) is 9.35. The van der Waals surface area contributed by atoms with Gasteiger partial charge in [0.25, 0.3) is 5.91 Å². The van der Waals surface area contributed by atoms with Gasteiger partial charge in [0.2, 0.25) is 10.0 Å². The highest BCUT2D eigenvalue weighted by Gasteiger charge is 2.29. The van der Waals surface area contributed by atoms with E-state index in [1.165, 1.54) is 23.5 Å². The lowest BCUT2D eigenvalue weighted by Crippen LogP contribution is -2.28. The SMILES string of the molecule is COC(=O)c1ccc(C)c(NC(=O)c2ccc(C)c(S(=O)(=O)N3CCCC3)c2)c1. The van der Waals surface area contributed by atoms with Crippen LogP contribution in [-0.2, 0) is 14.8 Å². The maximum absolute atomic E-state index is 12.9. The fourth-order valence-electron chi connectivity index (χ4n) is 3.28. The minimum atomic E-state index is -3.64. The van der Waals surface area contributed by atoms with E-state index in [2.05, 4.69) is 5.32 Å². The van der Waals surface area contributed by atoms with Crippen LogP contribution in [-0.4, -0.2) is 44.8 Å². The molecule has 1 N–H and O–H groups in total. The molecule has 0 unspecified atom stereocenters. The Bertz CT molecular complexity index is 1060. The molecule has 1 saturated heterocycles. The molecule has 0 aromatic heterocycles. The molecule has 3 rings (SSSR count). The summed E-state index contributed by atoms with van der Waals surface area (Å²) >= 11 is 0. The lowest BCUT2D eigenvalue weighted by atomic mass is 10.1. The number of methoxy groups -OCH3 is 1. The van der Waals surface area contributed by atoms with E-state index in [1.54, 1.807) is 38.1 Å². The van der Waals surface area contributed by atoms with Crippen LogP contribution in [0.2, 0.25) is 0 Å². The second-order valence-electron chi connectivity index (χ2n) is 7.07. The van der Waals surface area contributed by atoms with Crippen molar-refractivity contribution < 1.29 is 22.7 Å². The highest BCUT2D eigenvalue weighted by molar-refractivity contribution is 7.89. The Hall–Kier alpha value is -2.71. The summed E-state index contributed by atoms with van der Waals surface area (Å²) in [6, 6.07) is 9.50. The van der Waals surface area contributed by atoms with E-state index < -0.39 is 21.9 Å². The molecule has 0 atom stereocenters. The number of benzene rings is 2. The highest BCUT2D eigenvalue weighted by atomic mass is 32.2. The van der Waals surface area contributed by atoms with Crippen molar-refractivity contribution in [1.82, 2.24) is 4.31 Å². The predicted molar refractivity (Wildman–Crippen MR) is 110 cm³/mol. The Balaban J connectivity index is 1.90. The first-order chi connectivity index (χ1) is 13.7. The molecule has 0 saturated carbocycles. The third kappa shape index (κ3) is 4.33. The summed E-state index contributed by atoms with van der Waals surface area (Å²) in [6.07, 6.45) is 1.68. The van der Waals surface area contributed by atoms with Crippen LogP contribution in [0, 0.1) is 13.8 Å². The van der Waals surface area contributed by atoms with Crippen LogP contribution in [0.15, 0.2) is 41.3 Å². The van der Waals surface area contributed by atoms with E-state index >= 15 is 0 Å². The maximum Gasteiger partial charge on any atom is 0.337 e. The van der Waals surface area contributed by atoms with Crippen LogP contribution < -0.4 is 5.32 Å². The summed E-state index contributed by atoms with van der Waals surface area (Å²) in [4.78, 5) is 24.7. The summed E-state index contributed by atoms with van der Waals surface area (Å²) in [7, 11) is -2.35. The third-order valence-corrected chi connectivity index (χ3v) is 7.08. The summed E-state index contributed by atoms with van der Waals surface area (Å²) < 4.78 is 32.0. The molecule has 2 aromatic rings. The van der Waals surface area contributed by atoms with Crippen LogP contribution in [0.1, 0.15) is 44.7 Å². The molecule has 1 aliphatic heterocycles. The van der Waals surface area contributed by atoms with Gasteiger partial charge >= 0.3 is 5.97 Å². The molecule has 0 bridgehead atoms. The number of amides is 1. The molecule has 0 spiro atoms. The van der Waals surface area contributed by atoms with Crippen molar-refractivity contribution in [3.05, 3.63) is 58.7 Å². The van der Waals surface area contributed by atoms with Crippen molar-refractivity contribution >= 4 is 27.6 Å². The van der Waals surface area contributed by atoms with Crippen molar-refractivity contribution in [1.29, 1.82) is 0 Å². The number of carbonyl (C=O) groups excluding carboxylic acids is 2. The Kier molecular flexibility index (Phi) is 6.04. The van der Waals surface area contributed by atoms with Crippen molar-refractivity contribution in [3.63, 3.8) is 0 Å². The van der Waals surface area contributed by atoms with E-state index in [1.807, 2.05) is 0 Å². The van der Waals surface area contributed by atoms with E-state index in [0.717, 1.165) is 18.4 Å². The summed E-state index contributed by atoms with van der Waals surface area (Å²) in [5.74, 6) is -0.956. The average molecular weight is 416 g/mol. The summed E-state index contributed by atoms with van der Waals surface area (Å²) in [5.41, 5.74) is 2.37. The zero-order chi connectivity index (χ0) is 21.2. The number of rotatable bonds is 5. The van der Waals surface area contributed by atoms with Crippen molar-refractivity contribution in [2.75, 3.05) is 25.5 Å². The molecule has 0 aliphatic carbocycles. The summed E-state index contributed by atoms with van der Waals surface area (Å²) in [5, 5.41) is 2.76. The predicted octanol–water partition coefficient (Wildman–Crippen LogP) is 3.13. The Morgan fingerprint density at radius 3 is 2.24 bits per heavy atom. The molecule has 0 radical (unpaired) electrons. The number of ether oxygens (including phenoxy) is 1. The Morgan fingerprint density at radius 2 is 1.59 bits per heavy atom. The number of hydrogen-bond donors (Lipinski definition) is 1. The average Bonchev–Trinajstić information content (AvgIpc) is 3.25. The van der Waals surface area contributed by atoms with Gasteiger partial charge in [0.15, 0.2) is 0 Å². The molecule has 1 heterocycles. The van der Waals surface area contributed by atoms with Crippen LogP contribution in [0.5, 0.6) is 0 Å². The van der Waals surface area contributed by atoms with Gasteiger partial charge < -0.3 is 10.1 Å². The number of nitrogens with zero attached hydrogens (tertiary/aromatic N) is 1. The van der Waals surface area contributed by atoms with Gasteiger partial charge in [-0.15, -0.1) is 0 Å². The highest BCUT2D eigenvalue weighted by Crippen LogP contribution is 2.25.